The first-order chi connectivity index (χ1) is 13.2. The lowest BCUT2D eigenvalue weighted by Gasteiger charge is -2.11. The summed E-state index contributed by atoms with van der Waals surface area (Å²) in [4.78, 5) is 16.4. The molecule has 0 bridgehead atoms. The van der Waals surface area contributed by atoms with Crippen LogP contribution >= 0.6 is 11.6 Å². The highest BCUT2D eigenvalue weighted by Crippen LogP contribution is 2.29. The Hall–Kier alpha value is -3.25. The smallest absolute Gasteiger partial charge is 0.223 e. The summed E-state index contributed by atoms with van der Waals surface area (Å²) in [5, 5.41) is 3.90. The van der Waals surface area contributed by atoms with Crippen LogP contribution in [0.1, 0.15) is 5.56 Å². The predicted molar refractivity (Wildman–Crippen MR) is 104 cm³/mol. The molecule has 4 aromatic rings. The number of aromatic nitrogens is 4. The van der Waals surface area contributed by atoms with Gasteiger partial charge in [-0.15, -0.1) is 0 Å². The van der Waals surface area contributed by atoms with Crippen molar-refractivity contribution in [3.05, 3.63) is 83.5 Å². The van der Waals surface area contributed by atoms with E-state index in [9.17, 15) is 4.39 Å². The Morgan fingerprint density at radius 1 is 1.00 bits per heavy atom. The molecule has 2 aromatic carbocycles. The molecule has 134 valence electrons. The van der Waals surface area contributed by atoms with Crippen LogP contribution < -0.4 is 5.32 Å². The number of imidazole rings is 1. The molecule has 0 saturated carbocycles. The zero-order chi connectivity index (χ0) is 18.6. The predicted octanol–water partition coefficient (Wildman–Crippen LogP) is 4.94. The van der Waals surface area contributed by atoms with Gasteiger partial charge in [0, 0.05) is 35.7 Å². The van der Waals surface area contributed by atoms with Gasteiger partial charge < -0.3 is 10.3 Å². The Morgan fingerprint density at radius 3 is 2.48 bits per heavy atom. The van der Waals surface area contributed by atoms with Gasteiger partial charge in [-0.25, -0.2) is 19.3 Å². The fourth-order valence-electron chi connectivity index (χ4n) is 2.66. The van der Waals surface area contributed by atoms with Crippen molar-refractivity contribution < 1.29 is 4.39 Å². The zero-order valence-electron chi connectivity index (χ0n) is 14.2. The summed E-state index contributed by atoms with van der Waals surface area (Å²) in [6, 6.07) is 13.7. The van der Waals surface area contributed by atoms with Crippen LogP contribution in [-0.2, 0) is 6.54 Å². The summed E-state index contributed by atoms with van der Waals surface area (Å²) < 4.78 is 13.3. The second kappa shape index (κ2) is 7.55. The number of rotatable bonds is 5. The molecule has 0 amide bonds. The number of aromatic amines is 1. The van der Waals surface area contributed by atoms with Crippen LogP contribution in [0.4, 0.5) is 10.3 Å². The van der Waals surface area contributed by atoms with Gasteiger partial charge in [0.25, 0.3) is 0 Å². The number of H-pyrrole nitrogens is 1. The minimum atomic E-state index is -0.298. The van der Waals surface area contributed by atoms with Gasteiger partial charge in [-0.1, -0.05) is 23.7 Å². The van der Waals surface area contributed by atoms with Gasteiger partial charge in [-0.3, -0.25) is 0 Å². The summed E-state index contributed by atoms with van der Waals surface area (Å²) in [6.07, 6.45) is 5.10. The van der Waals surface area contributed by atoms with Crippen molar-refractivity contribution in [1.82, 2.24) is 19.9 Å². The second-order valence-corrected chi connectivity index (χ2v) is 6.32. The van der Waals surface area contributed by atoms with Crippen molar-refractivity contribution >= 4 is 17.5 Å². The van der Waals surface area contributed by atoms with Crippen LogP contribution in [-0.4, -0.2) is 19.9 Å². The SMILES string of the molecule is Fc1ccc(-c2nc(NCc3ccc(Cl)cc3)ncc2-c2ncc[nH]2)cc1. The van der Waals surface area contributed by atoms with Gasteiger partial charge in [-0.2, -0.15) is 0 Å². The molecule has 0 radical (unpaired) electrons. The van der Waals surface area contributed by atoms with Gasteiger partial charge in [0.15, 0.2) is 0 Å². The van der Waals surface area contributed by atoms with Crippen LogP contribution in [0.25, 0.3) is 22.6 Å². The summed E-state index contributed by atoms with van der Waals surface area (Å²) in [6.45, 7) is 0.556. The molecular weight excluding hydrogens is 365 g/mol. The second-order valence-electron chi connectivity index (χ2n) is 5.88. The van der Waals surface area contributed by atoms with Crippen molar-refractivity contribution in [1.29, 1.82) is 0 Å². The first kappa shape index (κ1) is 17.2. The summed E-state index contributed by atoms with van der Waals surface area (Å²) in [5.74, 6) is 0.826. The van der Waals surface area contributed by atoms with Gasteiger partial charge in [0.1, 0.15) is 11.6 Å². The molecule has 0 fully saturated rings. The minimum absolute atomic E-state index is 0.298. The Morgan fingerprint density at radius 2 is 1.78 bits per heavy atom. The summed E-state index contributed by atoms with van der Waals surface area (Å²) in [5.41, 5.74) is 3.24. The van der Waals surface area contributed by atoms with E-state index in [-0.39, 0.29) is 5.82 Å². The molecule has 2 N–H and O–H groups in total. The lowest BCUT2D eigenvalue weighted by molar-refractivity contribution is 0.628. The molecule has 0 aliphatic carbocycles. The molecule has 0 aliphatic rings. The van der Waals surface area contributed by atoms with Crippen molar-refractivity contribution in [3.63, 3.8) is 0 Å². The van der Waals surface area contributed by atoms with Crippen LogP contribution in [0.3, 0.4) is 0 Å². The maximum absolute atomic E-state index is 13.3. The van der Waals surface area contributed by atoms with Crippen LogP contribution in [0.15, 0.2) is 67.1 Å². The molecule has 0 atom stereocenters. The molecule has 4 rings (SSSR count). The van der Waals surface area contributed by atoms with Crippen molar-refractivity contribution in [2.45, 2.75) is 6.54 Å². The molecule has 7 heteroatoms. The molecule has 0 spiro atoms. The normalized spacial score (nSPS) is 10.7. The molecule has 2 heterocycles. The van der Waals surface area contributed by atoms with Gasteiger partial charge >= 0.3 is 0 Å². The molecule has 27 heavy (non-hydrogen) atoms. The van der Waals surface area contributed by atoms with Crippen molar-refractivity contribution in [3.8, 4) is 22.6 Å². The number of anilines is 1. The topological polar surface area (TPSA) is 66.5 Å². The van der Waals surface area contributed by atoms with E-state index in [4.69, 9.17) is 11.6 Å². The Labute approximate surface area is 160 Å². The maximum Gasteiger partial charge on any atom is 0.223 e. The highest BCUT2D eigenvalue weighted by Gasteiger charge is 2.13. The van der Waals surface area contributed by atoms with Crippen LogP contribution in [0, 0.1) is 5.82 Å². The van der Waals surface area contributed by atoms with E-state index >= 15 is 0 Å². The highest BCUT2D eigenvalue weighted by atomic mass is 35.5. The van der Waals surface area contributed by atoms with Gasteiger partial charge in [0.2, 0.25) is 5.95 Å². The lowest BCUT2D eigenvalue weighted by atomic mass is 10.1. The zero-order valence-corrected chi connectivity index (χ0v) is 14.9. The molecule has 2 aromatic heterocycles. The van der Waals surface area contributed by atoms with E-state index in [2.05, 4.69) is 25.3 Å². The summed E-state index contributed by atoms with van der Waals surface area (Å²) in [7, 11) is 0. The van der Waals surface area contributed by atoms with E-state index in [1.807, 2.05) is 24.3 Å². The first-order valence-corrected chi connectivity index (χ1v) is 8.68. The van der Waals surface area contributed by atoms with Crippen molar-refractivity contribution in [2.24, 2.45) is 0 Å². The molecule has 0 unspecified atom stereocenters. The number of nitrogens with one attached hydrogen (secondary N) is 2. The van der Waals surface area contributed by atoms with Crippen LogP contribution in [0.5, 0.6) is 0 Å². The average molecular weight is 380 g/mol. The highest BCUT2D eigenvalue weighted by molar-refractivity contribution is 6.30. The molecule has 0 saturated heterocycles. The fourth-order valence-corrected chi connectivity index (χ4v) is 2.79. The van der Waals surface area contributed by atoms with Crippen LogP contribution in [0.2, 0.25) is 5.02 Å². The van der Waals surface area contributed by atoms with Gasteiger partial charge in [-0.05, 0) is 42.0 Å². The monoisotopic (exact) mass is 379 g/mol. The molecular formula is C20H15ClFN5. The number of hydrogen-bond donors (Lipinski definition) is 2. The van der Waals surface area contributed by atoms with E-state index in [1.54, 1.807) is 30.7 Å². The maximum atomic E-state index is 13.3. The molecule has 0 aliphatic heterocycles. The number of halogens is 2. The Bertz CT molecular complexity index is 1030. The average Bonchev–Trinajstić information content (AvgIpc) is 3.23. The van der Waals surface area contributed by atoms with E-state index in [1.165, 1.54) is 12.1 Å². The standard InChI is InChI=1S/C20H15ClFN5/c21-15-5-1-13(2-6-15)11-25-20-26-12-17(19-23-9-10-24-19)18(27-20)14-3-7-16(22)8-4-14/h1-10,12H,11H2,(H,23,24)(H,25,26,27). The lowest BCUT2D eigenvalue weighted by Crippen LogP contribution is -2.05. The minimum Gasteiger partial charge on any atom is -0.350 e. The van der Waals surface area contributed by atoms with Crippen molar-refractivity contribution in [2.75, 3.05) is 5.32 Å². The Balaban J connectivity index is 1.66. The third-order valence-corrected chi connectivity index (χ3v) is 4.28. The summed E-state index contributed by atoms with van der Waals surface area (Å²) >= 11 is 5.91. The van der Waals surface area contributed by atoms with E-state index in [0.717, 1.165) is 16.7 Å². The third kappa shape index (κ3) is 3.96. The van der Waals surface area contributed by atoms with E-state index < -0.39 is 0 Å². The van der Waals surface area contributed by atoms with Gasteiger partial charge in [0.05, 0.1) is 11.3 Å². The fraction of sp³-hybridized carbons (Fsp3) is 0.0500. The number of benzene rings is 2. The Kier molecular flexibility index (Phi) is 4.80. The largest absolute Gasteiger partial charge is 0.350 e. The first-order valence-electron chi connectivity index (χ1n) is 8.30. The van der Waals surface area contributed by atoms with E-state index in [0.29, 0.717) is 29.0 Å². The number of hydrogen-bond acceptors (Lipinski definition) is 4. The quantitative estimate of drug-likeness (QED) is 0.515. The third-order valence-electron chi connectivity index (χ3n) is 4.02. The number of nitrogens with zero attached hydrogens (tertiary/aromatic N) is 3. The molecule has 5 nitrogen and oxygen atoms in total.